The fourth-order valence-corrected chi connectivity index (χ4v) is 0.262. The molecule has 58 valence electrons. The van der Waals surface area contributed by atoms with Crippen LogP contribution >= 0.6 is 0 Å². The zero-order valence-corrected chi connectivity index (χ0v) is 6.84. The summed E-state index contributed by atoms with van der Waals surface area (Å²) < 4.78 is 0. The first kappa shape index (κ1) is 9.27. The topological polar surface area (TPSA) is 46.5 Å². The molecule has 0 unspecified atom stereocenters. The van der Waals surface area contributed by atoms with Crippen LogP contribution in [0.15, 0.2) is 5.18 Å². The van der Waals surface area contributed by atoms with Crippen molar-refractivity contribution < 1.29 is 4.79 Å². The summed E-state index contributed by atoms with van der Waals surface area (Å²) in [7, 11) is 0. The molecule has 10 heavy (non-hydrogen) atoms. The Morgan fingerprint density at radius 3 is 1.70 bits per heavy atom. The summed E-state index contributed by atoms with van der Waals surface area (Å²) >= 11 is 0. The monoisotopic (exact) mass is 143 g/mol. The Labute approximate surface area is 60.8 Å². The Morgan fingerprint density at radius 1 is 1.20 bits per heavy atom. The summed E-state index contributed by atoms with van der Waals surface area (Å²) in [5.41, 5.74) is -1.48. The van der Waals surface area contributed by atoms with Gasteiger partial charge in [-0.2, -0.15) is 4.91 Å². The van der Waals surface area contributed by atoms with Gasteiger partial charge in [-0.3, -0.25) is 0 Å². The van der Waals surface area contributed by atoms with E-state index in [0.717, 1.165) is 6.29 Å². The van der Waals surface area contributed by atoms with E-state index in [1.54, 1.807) is 27.7 Å². The first-order chi connectivity index (χ1) is 4.37. The molecule has 0 saturated heterocycles. The fourth-order valence-electron chi connectivity index (χ4n) is 0.262. The summed E-state index contributed by atoms with van der Waals surface area (Å²) in [6.07, 6.45) is 0.758. The van der Waals surface area contributed by atoms with Crippen molar-refractivity contribution in [2.45, 2.75) is 33.2 Å². The Balaban J connectivity index is 4.59. The van der Waals surface area contributed by atoms with E-state index in [0.29, 0.717) is 0 Å². The van der Waals surface area contributed by atoms with Gasteiger partial charge >= 0.3 is 0 Å². The van der Waals surface area contributed by atoms with Gasteiger partial charge in [0.1, 0.15) is 11.8 Å². The third-order valence-electron chi connectivity index (χ3n) is 2.10. The lowest BCUT2D eigenvalue weighted by Gasteiger charge is -2.29. The van der Waals surface area contributed by atoms with Gasteiger partial charge in [-0.1, -0.05) is 19.0 Å². The number of aldehydes is 1. The fraction of sp³-hybridized carbons (Fsp3) is 0.857. The van der Waals surface area contributed by atoms with E-state index in [9.17, 15) is 9.70 Å². The lowest BCUT2D eigenvalue weighted by molar-refractivity contribution is -0.117. The van der Waals surface area contributed by atoms with Crippen LogP contribution in [-0.2, 0) is 4.79 Å². The van der Waals surface area contributed by atoms with Gasteiger partial charge in [-0.05, 0) is 13.8 Å². The number of nitroso groups, excluding NO2 is 1. The minimum absolute atomic E-state index is 0.672. The standard InChI is InChI=1S/C7H13NO2/c1-6(2,5-9)7(3,4)8-10/h5H,1-4H3. The van der Waals surface area contributed by atoms with Crippen LogP contribution in [0.25, 0.3) is 0 Å². The third kappa shape index (κ3) is 1.40. The first-order valence-electron chi connectivity index (χ1n) is 3.18. The van der Waals surface area contributed by atoms with Crippen molar-refractivity contribution in [1.29, 1.82) is 0 Å². The number of carbonyl (C=O) groups is 1. The largest absolute Gasteiger partial charge is 0.303 e. The molecule has 3 nitrogen and oxygen atoms in total. The maximum absolute atomic E-state index is 10.4. The Hall–Kier alpha value is -0.730. The SMILES string of the molecule is CC(C)(C=O)C(C)(C)N=O. The average molecular weight is 143 g/mol. The molecule has 0 N–H and O–H groups in total. The summed E-state index contributed by atoms with van der Waals surface area (Å²) in [6, 6.07) is 0. The maximum Gasteiger partial charge on any atom is 0.128 e. The third-order valence-corrected chi connectivity index (χ3v) is 2.10. The number of rotatable bonds is 3. The van der Waals surface area contributed by atoms with Crippen LogP contribution in [0.1, 0.15) is 27.7 Å². The molecule has 0 bridgehead atoms. The molecule has 0 aromatic rings. The van der Waals surface area contributed by atoms with Crippen molar-refractivity contribution in [3.8, 4) is 0 Å². The molecular weight excluding hydrogens is 130 g/mol. The zero-order valence-electron chi connectivity index (χ0n) is 6.84. The van der Waals surface area contributed by atoms with Gasteiger partial charge in [-0.15, -0.1) is 0 Å². The molecule has 0 heterocycles. The second-order valence-corrected chi connectivity index (χ2v) is 3.49. The predicted molar refractivity (Wildman–Crippen MR) is 39.7 cm³/mol. The normalized spacial score (nSPS) is 12.8. The predicted octanol–water partition coefficient (Wildman–Crippen LogP) is 1.76. The average Bonchev–Trinajstić information content (AvgIpc) is 1.88. The zero-order chi connectivity index (χ0) is 8.41. The summed E-state index contributed by atoms with van der Waals surface area (Å²) in [5, 5.41) is 2.88. The van der Waals surface area contributed by atoms with Crippen molar-refractivity contribution in [2.24, 2.45) is 10.6 Å². The minimum atomic E-state index is -0.811. The van der Waals surface area contributed by atoms with Gasteiger partial charge in [0.15, 0.2) is 0 Å². The Bertz CT molecular complexity index is 132. The molecule has 0 saturated carbocycles. The minimum Gasteiger partial charge on any atom is -0.303 e. The number of carbonyl (C=O) groups excluding carboxylic acids is 1. The molecule has 0 aliphatic heterocycles. The van der Waals surface area contributed by atoms with Crippen molar-refractivity contribution in [3.63, 3.8) is 0 Å². The summed E-state index contributed by atoms with van der Waals surface area (Å²) in [5.74, 6) is 0. The molecule has 0 radical (unpaired) electrons. The second kappa shape index (κ2) is 2.48. The van der Waals surface area contributed by atoms with Crippen LogP contribution in [0, 0.1) is 10.3 Å². The van der Waals surface area contributed by atoms with E-state index in [4.69, 9.17) is 0 Å². The quantitative estimate of drug-likeness (QED) is 0.446. The smallest absolute Gasteiger partial charge is 0.128 e. The van der Waals surface area contributed by atoms with Gasteiger partial charge in [0.25, 0.3) is 0 Å². The second-order valence-electron chi connectivity index (χ2n) is 3.49. The van der Waals surface area contributed by atoms with Crippen LogP contribution in [0.3, 0.4) is 0 Å². The molecular formula is C7H13NO2. The van der Waals surface area contributed by atoms with E-state index >= 15 is 0 Å². The van der Waals surface area contributed by atoms with E-state index in [1.807, 2.05) is 0 Å². The molecule has 0 aliphatic carbocycles. The summed E-state index contributed by atoms with van der Waals surface area (Å²) in [4.78, 5) is 20.7. The highest BCUT2D eigenvalue weighted by Gasteiger charge is 2.38. The molecule has 0 amide bonds. The van der Waals surface area contributed by atoms with Crippen LogP contribution in [0.4, 0.5) is 0 Å². The van der Waals surface area contributed by atoms with Crippen LogP contribution in [-0.4, -0.2) is 11.8 Å². The number of nitrogens with zero attached hydrogens (tertiary/aromatic N) is 1. The molecule has 0 fully saturated rings. The van der Waals surface area contributed by atoms with E-state index in [2.05, 4.69) is 5.18 Å². The van der Waals surface area contributed by atoms with Crippen molar-refractivity contribution in [1.82, 2.24) is 0 Å². The molecule has 0 aromatic carbocycles. The number of hydrogen-bond acceptors (Lipinski definition) is 3. The van der Waals surface area contributed by atoms with Crippen LogP contribution in [0.5, 0.6) is 0 Å². The van der Waals surface area contributed by atoms with Gasteiger partial charge in [0.05, 0.1) is 0 Å². The maximum atomic E-state index is 10.4. The molecule has 0 spiro atoms. The molecule has 3 heteroatoms. The molecule has 0 atom stereocenters. The lowest BCUT2D eigenvalue weighted by Crippen LogP contribution is -2.38. The van der Waals surface area contributed by atoms with Crippen molar-refractivity contribution in [3.05, 3.63) is 4.91 Å². The summed E-state index contributed by atoms with van der Waals surface area (Å²) in [6.45, 7) is 6.69. The van der Waals surface area contributed by atoms with Gasteiger partial charge < -0.3 is 4.79 Å². The Kier molecular flexibility index (Phi) is 2.30. The highest BCUT2D eigenvalue weighted by atomic mass is 16.3. The molecule has 0 rings (SSSR count). The highest BCUT2D eigenvalue weighted by Crippen LogP contribution is 2.30. The molecule has 0 aliphatic rings. The van der Waals surface area contributed by atoms with Crippen molar-refractivity contribution in [2.75, 3.05) is 0 Å². The first-order valence-corrected chi connectivity index (χ1v) is 3.18. The van der Waals surface area contributed by atoms with E-state index < -0.39 is 11.0 Å². The van der Waals surface area contributed by atoms with E-state index in [-0.39, 0.29) is 0 Å². The Morgan fingerprint density at radius 2 is 1.60 bits per heavy atom. The number of hydrogen-bond donors (Lipinski definition) is 0. The molecule has 0 aromatic heterocycles. The lowest BCUT2D eigenvalue weighted by atomic mass is 9.77. The van der Waals surface area contributed by atoms with Crippen LogP contribution < -0.4 is 0 Å². The van der Waals surface area contributed by atoms with E-state index in [1.165, 1.54) is 0 Å². The van der Waals surface area contributed by atoms with Gasteiger partial charge in [0.2, 0.25) is 0 Å². The highest BCUT2D eigenvalue weighted by molar-refractivity contribution is 5.60. The van der Waals surface area contributed by atoms with Gasteiger partial charge in [0, 0.05) is 5.41 Å². The van der Waals surface area contributed by atoms with Crippen LogP contribution in [0.2, 0.25) is 0 Å². The van der Waals surface area contributed by atoms with Crippen molar-refractivity contribution >= 4 is 6.29 Å². The van der Waals surface area contributed by atoms with Gasteiger partial charge in [-0.25, -0.2) is 0 Å².